The normalized spacial score (nSPS) is 15.5. The summed E-state index contributed by atoms with van der Waals surface area (Å²) < 4.78 is 22.5. The first-order chi connectivity index (χ1) is 22.8. The number of aryl methyl sites for hydroxylation is 2. The number of halogens is 1. The van der Waals surface area contributed by atoms with Crippen LogP contribution in [0.25, 0.3) is 22.0 Å². The van der Waals surface area contributed by atoms with Gasteiger partial charge in [0.2, 0.25) is 5.91 Å². The molecule has 2 aromatic heterocycles. The Labute approximate surface area is 274 Å². The Bertz CT molecular complexity index is 1660. The lowest BCUT2D eigenvalue weighted by atomic mass is 9.91. The Morgan fingerprint density at radius 2 is 1.91 bits per heavy atom. The number of ether oxygens (including phenoxy) is 1. The van der Waals surface area contributed by atoms with Gasteiger partial charge < -0.3 is 35.1 Å². The van der Waals surface area contributed by atoms with Crippen LogP contribution in [0.2, 0.25) is 0 Å². The smallest absolute Gasteiger partial charge is 0.404 e. The van der Waals surface area contributed by atoms with Gasteiger partial charge in [0.1, 0.15) is 11.6 Å². The highest BCUT2D eigenvalue weighted by atomic mass is 19.1. The lowest BCUT2D eigenvalue weighted by Crippen LogP contribution is -2.44. The summed E-state index contributed by atoms with van der Waals surface area (Å²) in [5.41, 5.74) is 5.49. The highest BCUT2D eigenvalue weighted by Crippen LogP contribution is 2.37. The van der Waals surface area contributed by atoms with Crippen molar-refractivity contribution < 1.29 is 28.9 Å². The molecule has 4 N–H and O–H groups in total. The van der Waals surface area contributed by atoms with Crippen molar-refractivity contribution in [2.24, 2.45) is 0 Å². The third kappa shape index (κ3) is 8.28. The molecule has 5 rings (SSSR count). The average molecular weight is 646 g/mol. The highest BCUT2D eigenvalue weighted by molar-refractivity contribution is 5.86. The number of benzene rings is 2. The standard InChI is InChI=1S/C36H44FN5O5/c1-24-30-7-3-8-31(37)35(30)42(17-5-19-47-2)34(24)28-6-4-16-41(23-28)33(44)21-29(40-36(45)46)20-25-9-11-26(12-10-25)27-13-14-32(39-22-27)38-15-18-43/h3,7-14,22,28-29,40,43H,4-6,15-21,23H2,1-2H3,(H,38,39)(H,45,46)/t28-,29+/m0/s1. The number of rotatable bonds is 14. The van der Waals surface area contributed by atoms with Gasteiger partial charge in [0.15, 0.2) is 0 Å². The summed E-state index contributed by atoms with van der Waals surface area (Å²) in [6.07, 6.45) is 3.42. The minimum absolute atomic E-state index is 0.0245. The molecule has 3 heterocycles. The van der Waals surface area contributed by atoms with Crippen LogP contribution in [0.5, 0.6) is 0 Å². The molecule has 0 bridgehead atoms. The number of carbonyl (C=O) groups excluding carboxylic acids is 1. The van der Waals surface area contributed by atoms with Crippen molar-refractivity contribution in [1.29, 1.82) is 0 Å². The molecule has 11 heteroatoms. The molecule has 10 nitrogen and oxygen atoms in total. The molecule has 2 aromatic carbocycles. The summed E-state index contributed by atoms with van der Waals surface area (Å²) in [5.74, 6) is 0.362. The van der Waals surface area contributed by atoms with Crippen molar-refractivity contribution in [3.63, 3.8) is 0 Å². The van der Waals surface area contributed by atoms with Gasteiger partial charge >= 0.3 is 6.09 Å². The summed E-state index contributed by atoms with van der Waals surface area (Å²) in [7, 11) is 1.66. The van der Waals surface area contributed by atoms with E-state index in [1.807, 2.05) is 54.3 Å². The van der Waals surface area contributed by atoms with E-state index in [1.54, 1.807) is 19.4 Å². The molecular weight excluding hydrogens is 601 g/mol. The Kier molecular flexibility index (Phi) is 11.4. The van der Waals surface area contributed by atoms with E-state index in [1.165, 1.54) is 6.07 Å². The number of methoxy groups -OCH3 is 1. The van der Waals surface area contributed by atoms with Crippen LogP contribution in [0.3, 0.4) is 0 Å². The van der Waals surface area contributed by atoms with Crippen molar-refractivity contribution in [2.45, 2.75) is 57.5 Å². The number of amides is 2. The van der Waals surface area contributed by atoms with Crippen LogP contribution in [0.15, 0.2) is 60.8 Å². The Morgan fingerprint density at radius 3 is 2.62 bits per heavy atom. The maximum absolute atomic E-state index is 15.1. The maximum atomic E-state index is 15.1. The van der Waals surface area contributed by atoms with Crippen molar-refractivity contribution in [3.05, 3.63) is 83.4 Å². The van der Waals surface area contributed by atoms with Gasteiger partial charge in [0.25, 0.3) is 0 Å². The third-order valence-electron chi connectivity index (χ3n) is 8.93. The fourth-order valence-corrected chi connectivity index (χ4v) is 6.77. The number of likely N-dealkylation sites (tertiary alicyclic amines) is 1. The zero-order valence-corrected chi connectivity index (χ0v) is 27.0. The second-order valence-corrected chi connectivity index (χ2v) is 12.2. The van der Waals surface area contributed by atoms with E-state index in [9.17, 15) is 14.7 Å². The number of aliphatic hydroxyl groups excluding tert-OH is 1. The van der Waals surface area contributed by atoms with Crippen molar-refractivity contribution >= 4 is 28.7 Å². The number of fused-ring (bicyclic) bond motifs is 1. The Balaban J connectivity index is 1.28. The van der Waals surface area contributed by atoms with Crippen LogP contribution in [0, 0.1) is 12.7 Å². The summed E-state index contributed by atoms with van der Waals surface area (Å²) in [5, 5.41) is 25.0. The number of hydrogen-bond donors (Lipinski definition) is 4. The van der Waals surface area contributed by atoms with Crippen molar-refractivity contribution in [3.8, 4) is 11.1 Å². The van der Waals surface area contributed by atoms with Crippen LogP contribution in [0.4, 0.5) is 15.0 Å². The predicted octanol–water partition coefficient (Wildman–Crippen LogP) is 5.57. The van der Waals surface area contributed by atoms with E-state index in [2.05, 4.69) is 20.2 Å². The van der Waals surface area contributed by atoms with Gasteiger partial charge in [-0.1, -0.05) is 36.4 Å². The molecule has 1 saturated heterocycles. The van der Waals surface area contributed by atoms with Gasteiger partial charge in [0.05, 0.1) is 12.1 Å². The summed E-state index contributed by atoms with van der Waals surface area (Å²) in [6.45, 7) is 4.77. The molecule has 0 radical (unpaired) electrons. The van der Waals surface area contributed by atoms with E-state index >= 15 is 4.39 Å². The average Bonchev–Trinajstić information content (AvgIpc) is 3.36. The molecule has 250 valence electrons. The fourth-order valence-electron chi connectivity index (χ4n) is 6.77. The third-order valence-corrected chi connectivity index (χ3v) is 8.93. The highest BCUT2D eigenvalue weighted by Gasteiger charge is 2.31. The summed E-state index contributed by atoms with van der Waals surface area (Å²) in [4.78, 5) is 31.6. The van der Waals surface area contributed by atoms with Crippen LogP contribution in [-0.4, -0.2) is 82.7 Å². The first-order valence-corrected chi connectivity index (χ1v) is 16.2. The molecule has 0 aliphatic carbocycles. The lowest BCUT2D eigenvalue weighted by molar-refractivity contribution is -0.132. The lowest BCUT2D eigenvalue weighted by Gasteiger charge is -2.35. The van der Waals surface area contributed by atoms with Gasteiger partial charge in [-0.25, -0.2) is 14.2 Å². The van der Waals surface area contributed by atoms with Gasteiger partial charge in [-0.05, 0) is 67.5 Å². The van der Waals surface area contributed by atoms with Crippen LogP contribution in [0.1, 0.15) is 48.4 Å². The molecule has 0 unspecified atom stereocenters. The number of para-hydroxylation sites is 1. The minimum atomic E-state index is -1.17. The fraction of sp³-hybridized carbons (Fsp3) is 0.417. The number of carbonyl (C=O) groups is 2. The molecule has 1 fully saturated rings. The quantitative estimate of drug-likeness (QED) is 0.132. The first kappa shape index (κ1) is 33.9. The van der Waals surface area contributed by atoms with Gasteiger partial charge in [-0.2, -0.15) is 0 Å². The van der Waals surface area contributed by atoms with E-state index in [0.29, 0.717) is 50.5 Å². The molecule has 2 atom stereocenters. The zero-order valence-electron chi connectivity index (χ0n) is 27.0. The molecule has 1 aliphatic heterocycles. The molecule has 1 aliphatic rings. The number of anilines is 1. The van der Waals surface area contributed by atoms with Gasteiger partial charge in [-0.15, -0.1) is 0 Å². The second-order valence-electron chi connectivity index (χ2n) is 12.2. The molecule has 2 amide bonds. The molecule has 47 heavy (non-hydrogen) atoms. The first-order valence-electron chi connectivity index (χ1n) is 16.2. The number of aromatic nitrogens is 2. The molecule has 0 saturated carbocycles. The number of aliphatic hydroxyl groups is 1. The SMILES string of the molecule is COCCCn1c([C@H]2CCCN(C(=O)C[C@@H](Cc3ccc(-c4ccc(NCCO)nc4)cc3)NC(=O)O)C2)c(C)c2cccc(F)c21. The molecular formula is C36H44FN5O5. The number of nitrogens with zero attached hydrogens (tertiary/aromatic N) is 3. The van der Waals surface area contributed by atoms with E-state index in [0.717, 1.165) is 52.6 Å². The second kappa shape index (κ2) is 15.9. The molecule has 4 aromatic rings. The van der Waals surface area contributed by atoms with E-state index in [4.69, 9.17) is 9.84 Å². The number of piperidine rings is 1. The van der Waals surface area contributed by atoms with Crippen LogP contribution in [-0.2, 0) is 22.5 Å². The van der Waals surface area contributed by atoms with E-state index in [-0.39, 0.29) is 30.7 Å². The van der Waals surface area contributed by atoms with Gasteiger partial charge in [-0.3, -0.25) is 4.79 Å². The van der Waals surface area contributed by atoms with Crippen molar-refractivity contribution in [2.75, 3.05) is 45.3 Å². The number of hydrogen-bond acceptors (Lipinski definition) is 6. The topological polar surface area (TPSA) is 129 Å². The number of pyridine rings is 1. The maximum Gasteiger partial charge on any atom is 0.404 e. The number of nitrogens with one attached hydrogen (secondary N) is 2. The van der Waals surface area contributed by atoms with Crippen LogP contribution < -0.4 is 10.6 Å². The molecule has 0 spiro atoms. The van der Waals surface area contributed by atoms with Gasteiger partial charge in [0, 0.05) is 81.1 Å². The van der Waals surface area contributed by atoms with Crippen molar-refractivity contribution in [1.82, 2.24) is 19.8 Å². The Hall–Kier alpha value is -4.48. The Morgan fingerprint density at radius 1 is 1.13 bits per heavy atom. The van der Waals surface area contributed by atoms with E-state index < -0.39 is 12.1 Å². The summed E-state index contributed by atoms with van der Waals surface area (Å²) in [6, 6.07) is 16.2. The zero-order chi connectivity index (χ0) is 33.3. The number of carboxylic acid groups (broad SMARTS) is 1. The van der Waals surface area contributed by atoms with Crippen LogP contribution >= 0.6 is 0 Å². The monoisotopic (exact) mass is 645 g/mol. The minimum Gasteiger partial charge on any atom is -0.465 e. The summed E-state index contributed by atoms with van der Waals surface area (Å²) >= 11 is 0. The largest absolute Gasteiger partial charge is 0.465 e. The predicted molar refractivity (Wildman–Crippen MR) is 180 cm³/mol.